The van der Waals surface area contributed by atoms with E-state index < -0.39 is 0 Å². The average molecular weight is 207 g/mol. The Bertz CT molecular complexity index is 379. The van der Waals surface area contributed by atoms with Gasteiger partial charge < -0.3 is 0 Å². The molecule has 0 bridgehead atoms. The van der Waals surface area contributed by atoms with Crippen LogP contribution in [0, 0.1) is 24.2 Å². The Morgan fingerprint density at radius 1 is 1.57 bits per heavy atom. The second-order valence-electron chi connectivity index (χ2n) is 4.17. The fourth-order valence-corrected chi connectivity index (χ4v) is 2.99. The van der Waals surface area contributed by atoms with Crippen LogP contribution < -0.4 is 0 Å². The zero-order valence-corrected chi connectivity index (χ0v) is 9.27. The van der Waals surface area contributed by atoms with Crippen molar-refractivity contribution in [2.24, 2.45) is 5.92 Å². The van der Waals surface area contributed by atoms with Crippen molar-refractivity contribution in [3.05, 3.63) is 10.0 Å². The van der Waals surface area contributed by atoms with Crippen molar-refractivity contribution in [1.29, 1.82) is 5.26 Å². The van der Waals surface area contributed by atoms with Crippen molar-refractivity contribution >= 4 is 11.3 Å². The molecule has 0 saturated heterocycles. The average Bonchev–Trinajstić information content (AvgIpc) is 2.73. The first kappa shape index (κ1) is 9.60. The molecule has 1 aromatic heterocycles. The topological polar surface area (TPSA) is 49.6 Å². The highest BCUT2D eigenvalue weighted by atomic mass is 32.1. The fraction of sp³-hybridized carbons (Fsp3) is 0.700. The molecule has 4 heteroatoms. The summed E-state index contributed by atoms with van der Waals surface area (Å²) in [6, 6.07) is 2.45. The zero-order valence-electron chi connectivity index (χ0n) is 8.45. The predicted octanol–water partition coefficient (Wildman–Crippen LogP) is 2.43. The first-order chi connectivity index (χ1) is 6.66. The highest BCUT2D eigenvalue weighted by Crippen LogP contribution is 2.44. The summed E-state index contributed by atoms with van der Waals surface area (Å²) in [5.74, 6) is 0.638. The van der Waals surface area contributed by atoms with Crippen molar-refractivity contribution in [2.75, 3.05) is 0 Å². The van der Waals surface area contributed by atoms with Crippen molar-refractivity contribution in [1.82, 2.24) is 10.2 Å². The molecule has 3 nitrogen and oxygen atoms in total. The highest BCUT2D eigenvalue weighted by molar-refractivity contribution is 7.11. The molecular formula is C10H13N3S. The van der Waals surface area contributed by atoms with Gasteiger partial charge >= 0.3 is 0 Å². The summed E-state index contributed by atoms with van der Waals surface area (Å²) >= 11 is 1.57. The number of hydrogen-bond acceptors (Lipinski definition) is 4. The normalized spacial score (nSPS) is 31.6. The molecule has 2 rings (SSSR count). The third kappa shape index (κ3) is 1.42. The van der Waals surface area contributed by atoms with E-state index in [2.05, 4.69) is 23.2 Å². The van der Waals surface area contributed by atoms with Gasteiger partial charge in [0.2, 0.25) is 0 Å². The van der Waals surface area contributed by atoms with Crippen LogP contribution in [0.5, 0.6) is 0 Å². The molecule has 0 amide bonds. The van der Waals surface area contributed by atoms with E-state index in [9.17, 15) is 5.26 Å². The van der Waals surface area contributed by atoms with Gasteiger partial charge in [-0.3, -0.25) is 0 Å². The first-order valence-corrected chi connectivity index (χ1v) is 5.70. The predicted molar refractivity (Wildman–Crippen MR) is 55.0 cm³/mol. The van der Waals surface area contributed by atoms with Gasteiger partial charge in [-0.15, -0.1) is 21.5 Å². The number of hydrogen-bond donors (Lipinski definition) is 0. The third-order valence-electron chi connectivity index (χ3n) is 2.91. The largest absolute Gasteiger partial charge is 0.197 e. The van der Waals surface area contributed by atoms with E-state index >= 15 is 0 Å². The van der Waals surface area contributed by atoms with Crippen LogP contribution in [0.25, 0.3) is 0 Å². The van der Waals surface area contributed by atoms with Crippen molar-refractivity contribution in [2.45, 2.75) is 38.5 Å². The summed E-state index contributed by atoms with van der Waals surface area (Å²) in [6.45, 7) is 4.14. The van der Waals surface area contributed by atoms with Gasteiger partial charge in [-0.05, 0) is 32.1 Å². The Morgan fingerprint density at radius 2 is 2.36 bits per heavy atom. The summed E-state index contributed by atoms with van der Waals surface area (Å²) in [7, 11) is 0. The van der Waals surface area contributed by atoms with Crippen molar-refractivity contribution < 1.29 is 0 Å². The minimum atomic E-state index is -0.328. The second-order valence-corrected chi connectivity index (χ2v) is 5.35. The maximum Gasteiger partial charge on any atom is 0.137 e. The smallest absolute Gasteiger partial charge is 0.137 e. The van der Waals surface area contributed by atoms with Crippen LogP contribution in [0.1, 0.15) is 36.2 Å². The van der Waals surface area contributed by atoms with Gasteiger partial charge in [0.15, 0.2) is 0 Å². The standard InChI is InChI=1S/C10H13N3S/c1-7-3-4-10(5-7,6-11)9-13-12-8(2)14-9/h7H,3-5H2,1-2H3. The maximum atomic E-state index is 9.29. The van der Waals surface area contributed by atoms with Crippen LogP contribution in [0.3, 0.4) is 0 Å². The Morgan fingerprint density at radius 3 is 2.79 bits per heavy atom. The van der Waals surface area contributed by atoms with E-state index in [1.807, 2.05) is 6.92 Å². The second kappa shape index (κ2) is 3.32. The number of rotatable bonds is 1. The molecule has 2 atom stereocenters. The molecule has 74 valence electrons. The maximum absolute atomic E-state index is 9.29. The molecule has 1 aliphatic carbocycles. The minimum absolute atomic E-state index is 0.328. The Hall–Kier alpha value is -0.950. The molecule has 0 N–H and O–H groups in total. The SMILES string of the molecule is Cc1nnc(C2(C#N)CCC(C)C2)s1. The molecule has 1 saturated carbocycles. The first-order valence-electron chi connectivity index (χ1n) is 4.88. The van der Waals surface area contributed by atoms with Crippen molar-refractivity contribution in [3.8, 4) is 6.07 Å². The number of nitrogens with zero attached hydrogens (tertiary/aromatic N) is 3. The van der Waals surface area contributed by atoms with E-state index in [0.717, 1.165) is 29.3 Å². The highest BCUT2D eigenvalue weighted by Gasteiger charge is 2.42. The lowest BCUT2D eigenvalue weighted by molar-refractivity contribution is 0.524. The number of aromatic nitrogens is 2. The molecule has 0 spiro atoms. The molecule has 1 aromatic rings. The van der Waals surface area contributed by atoms with Crippen LogP contribution in [0.4, 0.5) is 0 Å². The van der Waals surface area contributed by atoms with E-state index in [4.69, 9.17) is 0 Å². The number of aryl methyl sites for hydroxylation is 1. The monoisotopic (exact) mass is 207 g/mol. The van der Waals surface area contributed by atoms with Gasteiger partial charge in [-0.1, -0.05) is 6.92 Å². The van der Waals surface area contributed by atoms with Gasteiger partial charge in [-0.2, -0.15) is 5.26 Å². The summed E-state index contributed by atoms with van der Waals surface area (Å²) in [5, 5.41) is 19.3. The zero-order chi connectivity index (χ0) is 10.2. The van der Waals surface area contributed by atoms with Crippen LogP contribution >= 0.6 is 11.3 Å². The molecule has 1 aliphatic rings. The van der Waals surface area contributed by atoms with E-state index in [1.54, 1.807) is 11.3 Å². The molecule has 14 heavy (non-hydrogen) atoms. The Labute approximate surface area is 87.8 Å². The van der Waals surface area contributed by atoms with Gasteiger partial charge in [0.25, 0.3) is 0 Å². The summed E-state index contributed by atoms with van der Waals surface area (Å²) in [6.07, 6.45) is 3.02. The van der Waals surface area contributed by atoms with Crippen molar-refractivity contribution in [3.63, 3.8) is 0 Å². The molecule has 0 radical (unpaired) electrons. The summed E-state index contributed by atoms with van der Waals surface area (Å²) < 4.78 is 0. The summed E-state index contributed by atoms with van der Waals surface area (Å²) in [5.41, 5.74) is -0.328. The Balaban J connectivity index is 2.35. The summed E-state index contributed by atoms with van der Waals surface area (Å²) in [4.78, 5) is 0. The lowest BCUT2D eigenvalue weighted by atomic mass is 9.88. The van der Waals surface area contributed by atoms with Gasteiger partial charge in [0, 0.05) is 0 Å². The Kier molecular flexibility index (Phi) is 2.28. The lowest BCUT2D eigenvalue weighted by Gasteiger charge is -2.15. The molecule has 1 heterocycles. The molecule has 1 fully saturated rings. The van der Waals surface area contributed by atoms with E-state index in [0.29, 0.717) is 5.92 Å². The quantitative estimate of drug-likeness (QED) is 0.710. The molecule has 0 aliphatic heterocycles. The van der Waals surface area contributed by atoms with E-state index in [1.165, 1.54) is 0 Å². The molecule has 0 aromatic carbocycles. The van der Waals surface area contributed by atoms with Crippen LogP contribution in [-0.4, -0.2) is 10.2 Å². The fourth-order valence-electron chi connectivity index (χ4n) is 2.13. The molecular weight excluding hydrogens is 194 g/mol. The van der Waals surface area contributed by atoms with Crippen LogP contribution in [-0.2, 0) is 5.41 Å². The van der Waals surface area contributed by atoms with E-state index in [-0.39, 0.29) is 5.41 Å². The van der Waals surface area contributed by atoms with Gasteiger partial charge in [-0.25, -0.2) is 0 Å². The minimum Gasteiger partial charge on any atom is -0.197 e. The lowest BCUT2D eigenvalue weighted by Crippen LogP contribution is -2.19. The number of nitriles is 1. The molecule has 2 unspecified atom stereocenters. The third-order valence-corrected chi connectivity index (χ3v) is 3.95. The van der Waals surface area contributed by atoms with Crippen LogP contribution in [0.2, 0.25) is 0 Å². The van der Waals surface area contributed by atoms with Gasteiger partial charge in [0.1, 0.15) is 15.4 Å². The van der Waals surface area contributed by atoms with Gasteiger partial charge in [0.05, 0.1) is 6.07 Å². The van der Waals surface area contributed by atoms with Crippen LogP contribution in [0.15, 0.2) is 0 Å².